The summed E-state index contributed by atoms with van der Waals surface area (Å²) in [5.41, 5.74) is 0.898. The van der Waals surface area contributed by atoms with Crippen LogP contribution in [0.2, 0.25) is 0 Å². The van der Waals surface area contributed by atoms with Crippen molar-refractivity contribution in [1.29, 1.82) is 0 Å². The highest BCUT2D eigenvalue weighted by atomic mass is 16.6. The Morgan fingerprint density at radius 3 is 2.78 bits per heavy atom. The number of hydrogen-bond acceptors (Lipinski definition) is 5. The number of hydrogen-bond donors (Lipinski definition) is 2. The van der Waals surface area contributed by atoms with E-state index in [4.69, 9.17) is 4.74 Å². The third kappa shape index (κ3) is 3.50. The maximum absolute atomic E-state index is 12.1. The second kappa shape index (κ2) is 6.78. The lowest BCUT2D eigenvalue weighted by Gasteiger charge is -2.21. The molecule has 2 N–H and O–H groups in total. The average molecular weight is 317 g/mol. The summed E-state index contributed by atoms with van der Waals surface area (Å²) in [6.07, 6.45) is 1.10. The van der Waals surface area contributed by atoms with E-state index in [9.17, 15) is 14.4 Å². The number of amides is 3. The van der Waals surface area contributed by atoms with Crippen LogP contribution in [0.4, 0.5) is 4.79 Å². The lowest BCUT2D eigenvalue weighted by Crippen LogP contribution is -2.47. The molecule has 0 radical (unpaired) electrons. The number of imide groups is 1. The van der Waals surface area contributed by atoms with Crippen LogP contribution in [0, 0.1) is 0 Å². The highest BCUT2D eigenvalue weighted by Crippen LogP contribution is 2.26. The molecule has 0 saturated carbocycles. The van der Waals surface area contributed by atoms with E-state index in [2.05, 4.69) is 10.6 Å². The summed E-state index contributed by atoms with van der Waals surface area (Å²) >= 11 is 0. The van der Waals surface area contributed by atoms with Crippen molar-refractivity contribution in [3.8, 4) is 0 Å². The molecule has 122 valence electrons. The van der Waals surface area contributed by atoms with Crippen LogP contribution >= 0.6 is 0 Å². The Morgan fingerprint density at radius 1 is 1.30 bits per heavy atom. The summed E-state index contributed by atoms with van der Waals surface area (Å²) in [6, 6.07) is 8.74. The number of ether oxygens (including phenoxy) is 1. The molecule has 2 aliphatic heterocycles. The summed E-state index contributed by atoms with van der Waals surface area (Å²) in [5.74, 6) is -0.834. The first-order chi connectivity index (χ1) is 11.1. The molecule has 0 aliphatic carbocycles. The fraction of sp³-hybridized carbons (Fsp3) is 0.438. The van der Waals surface area contributed by atoms with Gasteiger partial charge in [0.2, 0.25) is 11.8 Å². The molecule has 2 heterocycles. The number of carbonyl (C=O) groups excluding carboxylic acids is 3. The number of carbonyl (C=O) groups is 3. The molecular weight excluding hydrogens is 298 g/mol. The smallest absolute Gasteiger partial charge is 0.410 e. The molecule has 3 amide bonds. The Hall–Kier alpha value is -2.41. The molecule has 7 heteroatoms. The quantitative estimate of drug-likeness (QED) is 0.848. The summed E-state index contributed by atoms with van der Waals surface area (Å²) in [5, 5.41) is 5.38. The average Bonchev–Trinajstić information content (AvgIpc) is 3.19. The van der Waals surface area contributed by atoms with Crippen LogP contribution in [0.3, 0.4) is 0 Å². The third-order valence-corrected chi connectivity index (χ3v) is 4.11. The Morgan fingerprint density at radius 2 is 2.09 bits per heavy atom. The fourth-order valence-electron chi connectivity index (χ4n) is 2.90. The van der Waals surface area contributed by atoms with Gasteiger partial charge < -0.3 is 10.1 Å². The maximum Gasteiger partial charge on any atom is 0.410 e. The van der Waals surface area contributed by atoms with Gasteiger partial charge >= 0.3 is 6.09 Å². The molecule has 23 heavy (non-hydrogen) atoms. The van der Waals surface area contributed by atoms with Crippen LogP contribution in [0.15, 0.2) is 30.3 Å². The van der Waals surface area contributed by atoms with Gasteiger partial charge in [-0.3, -0.25) is 19.8 Å². The van der Waals surface area contributed by atoms with Gasteiger partial charge in [0.05, 0.1) is 12.1 Å². The van der Waals surface area contributed by atoms with Crippen LogP contribution in [0.25, 0.3) is 0 Å². The molecule has 2 fully saturated rings. The summed E-state index contributed by atoms with van der Waals surface area (Å²) < 4.78 is 5.05. The van der Waals surface area contributed by atoms with Crippen molar-refractivity contribution in [2.24, 2.45) is 0 Å². The summed E-state index contributed by atoms with van der Waals surface area (Å²) in [7, 11) is 0. The Bertz CT molecular complexity index is 599. The molecule has 1 unspecified atom stereocenters. The first-order valence-electron chi connectivity index (χ1n) is 7.70. The zero-order valence-corrected chi connectivity index (χ0v) is 12.7. The van der Waals surface area contributed by atoms with Crippen LogP contribution in [0.5, 0.6) is 0 Å². The zero-order chi connectivity index (χ0) is 16.2. The molecule has 0 bridgehead atoms. The first kappa shape index (κ1) is 15.5. The largest absolute Gasteiger partial charge is 0.447 e. The van der Waals surface area contributed by atoms with Crippen LogP contribution < -0.4 is 10.6 Å². The Balaban J connectivity index is 1.61. The lowest BCUT2D eigenvalue weighted by atomic mass is 10.1. The third-order valence-electron chi connectivity index (χ3n) is 4.11. The molecule has 2 atom stereocenters. The molecule has 0 aromatic heterocycles. The summed E-state index contributed by atoms with van der Waals surface area (Å²) in [6.45, 7) is 0.784. The standard InChI is InChI=1S/C16H19N3O4/c20-14(18-15(21)12-7-4-8-17-12)9-19-13(10-23-16(19)22)11-5-2-1-3-6-11/h1-3,5-6,12-13,17H,4,7-10H2,(H,18,20,21)/t12?,13-/m0/s1. The SMILES string of the molecule is O=C(CN1C(=O)OC[C@H]1c1ccccc1)NC(=O)C1CCCN1. The predicted octanol–water partition coefficient (Wildman–Crippen LogP) is 0.575. The van der Waals surface area contributed by atoms with Crippen LogP contribution in [0.1, 0.15) is 24.4 Å². The van der Waals surface area contributed by atoms with Gasteiger partial charge in [-0.15, -0.1) is 0 Å². The van der Waals surface area contributed by atoms with Gasteiger partial charge in [-0.1, -0.05) is 30.3 Å². The van der Waals surface area contributed by atoms with Gasteiger partial charge in [-0.25, -0.2) is 4.79 Å². The normalized spacial score (nSPS) is 23.7. The van der Waals surface area contributed by atoms with Gasteiger partial charge in [0.25, 0.3) is 0 Å². The van der Waals surface area contributed by atoms with Crippen molar-refractivity contribution in [1.82, 2.24) is 15.5 Å². The van der Waals surface area contributed by atoms with E-state index in [1.54, 1.807) is 0 Å². The number of rotatable bonds is 4. The first-order valence-corrected chi connectivity index (χ1v) is 7.70. The number of nitrogens with one attached hydrogen (secondary N) is 2. The zero-order valence-electron chi connectivity index (χ0n) is 12.7. The van der Waals surface area contributed by atoms with E-state index < -0.39 is 12.0 Å². The topological polar surface area (TPSA) is 87.7 Å². The van der Waals surface area contributed by atoms with E-state index in [0.717, 1.165) is 24.9 Å². The van der Waals surface area contributed by atoms with Crippen molar-refractivity contribution >= 4 is 17.9 Å². The molecule has 1 aromatic carbocycles. The highest BCUT2D eigenvalue weighted by Gasteiger charge is 2.36. The van der Waals surface area contributed by atoms with Gasteiger partial charge in [0, 0.05) is 0 Å². The molecule has 7 nitrogen and oxygen atoms in total. The predicted molar refractivity (Wildman–Crippen MR) is 81.4 cm³/mol. The number of nitrogens with zero attached hydrogens (tertiary/aromatic N) is 1. The Kier molecular flexibility index (Phi) is 4.57. The molecular formula is C16H19N3O4. The van der Waals surface area contributed by atoms with E-state index in [1.807, 2.05) is 30.3 Å². The van der Waals surface area contributed by atoms with Crippen LogP contribution in [-0.4, -0.2) is 48.5 Å². The van der Waals surface area contributed by atoms with Gasteiger partial charge in [0.1, 0.15) is 13.2 Å². The van der Waals surface area contributed by atoms with E-state index in [1.165, 1.54) is 4.90 Å². The molecule has 0 spiro atoms. The van der Waals surface area contributed by atoms with Crippen molar-refractivity contribution in [3.63, 3.8) is 0 Å². The Labute approximate surface area is 134 Å². The molecule has 3 rings (SSSR count). The molecule has 2 saturated heterocycles. The second-order valence-corrected chi connectivity index (χ2v) is 5.69. The van der Waals surface area contributed by atoms with E-state index in [0.29, 0.717) is 0 Å². The summed E-state index contributed by atoms with van der Waals surface area (Å²) in [4.78, 5) is 37.2. The second-order valence-electron chi connectivity index (χ2n) is 5.69. The fourth-order valence-corrected chi connectivity index (χ4v) is 2.90. The van der Waals surface area contributed by atoms with Crippen molar-refractivity contribution in [2.45, 2.75) is 24.9 Å². The van der Waals surface area contributed by atoms with E-state index in [-0.39, 0.29) is 31.1 Å². The minimum absolute atomic E-state index is 0.198. The number of benzene rings is 1. The van der Waals surface area contributed by atoms with Gasteiger partial charge in [-0.05, 0) is 24.9 Å². The highest BCUT2D eigenvalue weighted by molar-refractivity contribution is 5.99. The lowest BCUT2D eigenvalue weighted by molar-refractivity contribution is -0.131. The minimum atomic E-state index is -0.541. The van der Waals surface area contributed by atoms with Gasteiger partial charge in [-0.2, -0.15) is 0 Å². The molecule has 2 aliphatic rings. The maximum atomic E-state index is 12.1. The van der Waals surface area contributed by atoms with Crippen LogP contribution in [-0.2, 0) is 14.3 Å². The van der Waals surface area contributed by atoms with Crippen molar-refractivity contribution in [2.75, 3.05) is 19.7 Å². The van der Waals surface area contributed by atoms with E-state index >= 15 is 0 Å². The number of cyclic esters (lactones) is 1. The van der Waals surface area contributed by atoms with Gasteiger partial charge in [0.15, 0.2) is 0 Å². The minimum Gasteiger partial charge on any atom is -0.447 e. The monoisotopic (exact) mass is 317 g/mol. The molecule has 1 aromatic rings. The van der Waals surface area contributed by atoms with Crippen molar-refractivity contribution < 1.29 is 19.1 Å². The van der Waals surface area contributed by atoms with Crippen molar-refractivity contribution in [3.05, 3.63) is 35.9 Å².